The second kappa shape index (κ2) is 12.5. The molecule has 5 heteroatoms. The van der Waals surface area contributed by atoms with Gasteiger partial charge in [-0.2, -0.15) is 0 Å². The van der Waals surface area contributed by atoms with Crippen LogP contribution in [0.15, 0.2) is 157 Å². The molecule has 0 amide bonds. The molecule has 4 aromatic heterocycles. The van der Waals surface area contributed by atoms with E-state index in [9.17, 15) is 0 Å². The van der Waals surface area contributed by atoms with E-state index in [0.29, 0.717) is 5.82 Å². The van der Waals surface area contributed by atoms with Crippen molar-refractivity contribution in [3.63, 3.8) is 0 Å². The zero-order valence-electron chi connectivity index (χ0n) is 32.0. The average molecular weight is 725 g/mol. The standard InChI is InChI=1S/C51H40N4O/c1-7-10-23-42-31(4)38-29-33(26-27-43(38)54(42)34(16-8-2)17-9-3)50-52-41-22-13-11-18-35(41)46(53-50)32-25-28-44-40(30-32)51(5,6)39-21-15-20-37-47(39)55(44)48-36-19-12-14-24-45(36)56-49(37)48/h7-30H,1-2H2,3-6H3/b17-9-,23-10-,34-16+. The van der Waals surface area contributed by atoms with Gasteiger partial charge in [0.2, 0.25) is 0 Å². The summed E-state index contributed by atoms with van der Waals surface area (Å²) in [4.78, 5) is 10.6. The summed E-state index contributed by atoms with van der Waals surface area (Å²) in [5.41, 5.74) is 15.8. The molecule has 0 saturated carbocycles. The van der Waals surface area contributed by atoms with E-state index in [4.69, 9.17) is 14.4 Å². The number of aromatic nitrogens is 4. The summed E-state index contributed by atoms with van der Waals surface area (Å²) in [6, 6.07) is 36.7. The minimum Gasteiger partial charge on any atom is -0.454 e. The third kappa shape index (κ3) is 4.74. The number of allylic oxidation sites excluding steroid dienone is 7. The van der Waals surface area contributed by atoms with Crippen LogP contribution in [0, 0.1) is 6.92 Å². The van der Waals surface area contributed by atoms with Crippen LogP contribution in [0.4, 0.5) is 0 Å². The molecule has 9 aromatic rings. The van der Waals surface area contributed by atoms with Gasteiger partial charge >= 0.3 is 0 Å². The molecule has 5 nitrogen and oxygen atoms in total. The number of hydrogen-bond acceptors (Lipinski definition) is 3. The van der Waals surface area contributed by atoms with E-state index in [1.165, 1.54) is 16.6 Å². The third-order valence-electron chi connectivity index (χ3n) is 11.6. The van der Waals surface area contributed by atoms with Crippen LogP contribution in [0.2, 0.25) is 0 Å². The van der Waals surface area contributed by atoms with Gasteiger partial charge in [0.25, 0.3) is 0 Å². The van der Waals surface area contributed by atoms with Crippen LogP contribution in [0.5, 0.6) is 0 Å². The van der Waals surface area contributed by atoms with Crippen LogP contribution in [0.1, 0.15) is 43.2 Å². The van der Waals surface area contributed by atoms with Crippen molar-refractivity contribution in [3.05, 3.63) is 175 Å². The van der Waals surface area contributed by atoms with Gasteiger partial charge in [0.1, 0.15) is 11.1 Å². The van der Waals surface area contributed by atoms with Crippen molar-refractivity contribution >= 4 is 66.6 Å². The second-order valence-corrected chi connectivity index (χ2v) is 15.1. The third-order valence-corrected chi connectivity index (χ3v) is 11.6. The Balaban J connectivity index is 1.18. The Bertz CT molecular complexity index is 3230. The lowest BCUT2D eigenvalue weighted by Gasteiger charge is -2.35. The SMILES string of the molecule is C=C/C=C\c1c(C)c2cc(-c3nc(-c4ccc5c(c4)C(C)(C)c4cccc6c7oc8ccccc8c7n-5c46)c4ccccc4n3)ccc2n1C(/C=C\C)=C/C=C. The van der Waals surface area contributed by atoms with Gasteiger partial charge in [-0.15, -0.1) is 0 Å². The van der Waals surface area contributed by atoms with Gasteiger partial charge in [0.15, 0.2) is 11.4 Å². The topological polar surface area (TPSA) is 48.8 Å². The molecule has 5 aromatic carbocycles. The first-order valence-corrected chi connectivity index (χ1v) is 19.1. The number of fused-ring (bicyclic) bond motifs is 9. The Labute approximate surface area is 325 Å². The Kier molecular flexibility index (Phi) is 7.52. The van der Waals surface area contributed by atoms with Crippen molar-refractivity contribution in [3.8, 4) is 28.3 Å². The predicted molar refractivity (Wildman–Crippen MR) is 235 cm³/mol. The van der Waals surface area contributed by atoms with Crippen molar-refractivity contribution < 1.29 is 4.42 Å². The largest absolute Gasteiger partial charge is 0.454 e. The first kappa shape index (κ1) is 33.6. The fraction of sp³-hybridized carbons (Fsp3) is 0.0980. The predicted octanol–water partition coefficient (Wildman–Crippen LogP) is 13.5. The molecule has 0 aliphatic carbocycles. The van der Waals surface area contributed by atoms with Crippen LogP contribution in [0.3, 0.4) is 0 Å². The molecule has 0 saturated heterocycles. The van der Waals surface area contributed by atoms with Gasteiger partial charge < -0.3 is 13.6 Å². The van der Waals surface area contributed by atoms with Gasteiger partial charge in [0.05, 0.1) is 27.9 Å². The van der Waals surface area contributed by atoms with E-state index in [1.807, 2.05) is 43.4 Å². The van der Waals surface area contributed by atoms with Gasteiger partial charge in [-0.25, -0.2) is 9.97 Å². The lowest BCUT2D eigenvalue weighted by molar-refractivity contribution is 0.630. The monoisotopic (exact) mass is 724 g/mol. The highest BCUT2D eigenvalue weighted by atomic mass is 16.3. The van der Waals surface area contributed by atoms with Crippen LogP contribution in [-0.2, 0) is 5.41 Å². The van der Waals surface area contributed by atoms with E-state index in [-0.39, 0.29) is 5.41 Å². The van der Waals surface area contributed by atoms with Crippen molar-refractivity contribution in [2.24, 2.45) is 0 Å². The number of benzene rings is 5. The molecule has 270 valence electrons. The quantitative estimate of drug-likeness (QED) is 0.154. The van der Waals surface area contributed by atoms with E-state index >= 15 is 0 Å². The van der Waals surface area contributed by atoms with E-state index < -0.39 is 0 Å². The molecule has 0 bridgehead atoms. The summed E-state index contributed by atoms with van der Waals surface area (Å²) >= 11 is 0. The molecule has 0 fully saturated rings. The zero-order valence-corrected chi connectivity index (χ0v) is 32.0. The molecule has 0 N–H and O–H groups in total. The Morgan fingerprint density at radius 1 is 0.750 bits per heavy atom. The van der Waals surface area contributed by atoms with Crippen LogP contribution in [-0.4, -0.2) is 19.1 Å². The van der Waals surface area contributed by atoms with Gasteiger partial charge in [0, 0.05) is 49.5 Å². The second-order valence-electron chi connectivity index (χ2n) is 15.1. The minimum absolute atomic E-state index is 0.280. The number of aryl methyl sites for hydroxylation is 1. The average Bonchev–Trinajstić information content (AvgIpc) is 3.85. The van der Waals surface area contributed by atoms with E-state index in [2.05, 4.69) is 152 Å². The maximum atomic E-state index is 6.55. The fourth-order valence-corrected chi connectivity index (χ4v) is 8.95. The van der Waals surface area contributed by atoms with Gasteiger partial charge in [-0.05, 0) is 103 Å². The zero-order chi connectivity index (χ0) is 38.3. The maximum absolute atomic E-state index is 6.55. The van der Waals surface area contributed by atoms with Crippen molar-refractivity contribution in [1.29, 1.82) is 0 Å². The molecule has 5 heterocycles. The maximum Gasteiger partial charge on any atom is 0.161 e. The molecule has 1 aliphatic rings. The van der Waals surface area contributed by atoms with E-state index in [1.54, 1.807) is 0 Å². The number of furan rings is 1. The summed E-state index contributed by atoms with van der Waals surface area (Å²) in [6.07, 6.45) is 13.9. The highest BCUT2D eigenvalue weighted by Crippen LogP contribution is 2.50. The van der Waals surface area contributed by atoms with Crippen LogP contribution >= 0.6 is 0 Å². The van der Waals surface area contributed by atoms with Crippen LogP contribution in [0.25, 0.3) is 94.9 Å². The molecular formula is C51H40N4O. The van der Waals surface area contributed by atoms with Gasteiger partial charge in [-0.1, -0.05) is 99.8 Å². The molecule has 0 spiro atoms. The minimum atomic E-state index is -0.280. The van der Waals surface area contributed by atoms with Crippen molar-refractivity contribution in [2.75, 3.05) is 0 Å². The summed E-state index contributed by atoms with van der Waals surface area (Å²) in [5, 5.41) is 4.41. The fourth-order valence-electron chi connectivity index (χ4n) is 8.95. The van der Waals surface area contributed by atoms with E-state index in [0.717, 1.165) is 88.7 Å². The number of rotatable bonds is 7. The first-order chi connectivity index (χ1) is 27.3. The molecule has 0 atom stereocenters. The summed E-state index contributed by atoms with van der Waals surface area (Å²) in [7, 11) is 0. The lowest BCUT2D eigenvalue weighted by atomic mass is 9.74. The summed E-state index contributed by atoms with van der Waals surface area (Å²) in [6.45, 7) is 16.8. The molecule has 1 aliphatic heterocycles. The summed E-state index contributed by atoms with van der Waals surface area (Å²) in [5.74, 6) is 0.687. The number of hydrogen-bond donors (Lipinski definition) is 0. The van der Waals surface area contributed by atoms with Gasteiger partial charge in [-0.3, -0.25) is 0 Å². The Morgan fingerprint density at radius 2 is 1.54 bits per heavy atom. The Hall–Kier alpha value is -6.98. The molecule has 10 rings (SSSR count). The smallest absolute Gasteiger partial charge is 0.161 e. The highest BCUT2D eigenvalue weighted by Gasteiger charge is 2.37. The van der Waals surface area contributed by atoms with Crippen molar-refractivity contribution in [2.45, 2.75) is 33.1 Å². The molecule has 0 unspecified atom stereocenters. The van der Waals surface area contributed by atoms with Crippen molar-refractivity contribution in [1.82, 2.24) is 19.1 Å². The lowest BCUT2D eigenvalue weighted by Crippen LogP contribution is -2.26. The highest BCUT2D eigenvalue weighted by molar-refractivity contribution is 6.18. The first-order valence-electron chi connectivity index (χ1n) is 19.1. The normalized spacial score (nSPS) is 14.0. The number of nitrogens with zero attached hydrogens (tertiary/aromatic N) is 4. The Morgan fingerprint density at radius 3 is 2.36 bits per heavy atom. The molecular weight excluding hydrogens is 685 g/mol. The molecule has 56 heavy (non-hydrogen) atoms. The van der Waals surface area contributed by atoms with Crippen LogP contribution < -0.4 is 0 Å². The summed E-state index contributed by atoms with van der Waals surface area (Å²) < 4.78 is 11.2. The number of para-hydroxylation sites is 3. The molecule has 0 radical (unpaired) electrons.